The van der Waals surface area contributed by atoms with Gasteiger partial charge in [-0.25, -0.2) is 4.39 Å². The summed E-state index contributed by atoms with van der Waals surface area (Å²) < 4.78 is 13.3. The van der Waals surface area contributed by atoms with Crippen molar-refractivity contribution < 1.29 is 4.39 Å². The first-order valence-electron chi connectivity index (χ1n) is 4.93. The van der Waals surface area contributed by atoms with Crippen LogP contribution in [0.2, 0.25) is 5.02 Å². The maximum Gasteiger partial charge on any atom is 0.184 e. The molecule has 7 heteroatoms. The summed E-state index contributed by atoms with van der Waals surface area (Å²) in [6.07, 6.45) is 0.641. The largest absolute Gasteiger partial charge is 0.383 e. The molecule has 1 aromatic rings. The third-order valence-electron chi connectivity index (χ3n) is 2.33. The Bertz CT molecular complexity index is 503. The van der Waals surface area contributed by atoms with Gasteiger partial charge in [-0.2, -0.15) is 5.10 Å². The van der Waals surface area contributed by atoms with E-state index in [1.807, 2.05) is 0 Å². The van der Waals surface area contributed by atoms with Crippen molar-refractivity contribution in [3.8, 4) is 0 Å². The number of thiocarbonyl (C=S) groups is 1. The van der Waals surface area contributed by atoms with Crippen molar-refractivity contribution in [2.24, 2.45) is 10.8 Å². The van der Waals surface area contributed by atoms with Crippen molar-refractivity contribution in [2.45, 2.75) is 6.42 Å². The Balaban J connectivity index is 2.43. The van der Waals surface area contributed by atoms with Gasteiger partial charge in [-0.15, -0.1) is 0 Å². The first-order valence-corrected chi connectivity index (χ1v) is 5.72. The van der Waals surface area contributed by atoms with E-state index >= 15 is 0 Å². The minimum Gasteiger partial charge on any atom is -0.383 e. The molecule has 0 saturated carbocycles. The third-order valence-corrected chi connectivity index (χ3v) is 2.72. The highest BCUT2D eigenvalue weighted by atomic mass is 35.5. The lowest BCUT2D eigenvalue weighted by molar-refractivity contribution is 0.627. The predicted molar refractivity (Wildman–Crippen MR) is 71.0 cm³/mol. The maximum absolute atomic E-state index is 13.3. The number of benzene rings is 1. The summed E-state index contributed by atoms with van der Waals surface area (Å²) in [5.74, 6) is -0.402. The predicted octanol–water partition coefficient (Wildman–Crippen LogP) is 1.83. The van der Waals surface area contributed by atoms with Gasteiger partial charge in [0.15, 0.2) is 5.11 Å². The molecule has 90 valence electrons. The molecule has 0 amide bonds. The molecule has 0 spiro atoms. The molecule has 1 heterocycles. The number of fused-ring (bicyclic) bond motifs is 1. The van der Waals surface area contributed by atoms with E-state index in [-0.39, 0.29) is 5.11 Å². The molecule has 0 atom stereocenters. The number of hydrogen-bond donors (Lipinski definition) is 3. The van der Waals surface area contributed by atoms with E-state index in [9.17, 15) is 4.39 Å². The molecule has 0 unspecified atom stereocenters. The van der Waals surface area contributed by atoms with Crippen molar-refractivity contribution in [3.63, 3.8) is 0 Å². The second-order valence-corrected chi connectivity index (χ2v) is 4.37. The van der Waals surface area contributed by atoms with Crippen molar-refractivity contribution in [3.05, 3.63) is 28.5 Å². The highest BCUT2D eigenvalue weighted by Gasteiger charge is 2.19. The zero-order valence-electron chi connectivity index (χ0n) is 8.76. The molecule has 17 heavy (non-hydrogen) atoms. The third kappa shape index (κ3) is 2.65. The van der Waals surface area contributed by atoms with Gasteiger partial charge in [0.05, 0.1) is 16.4 Å². The van der Waals surface area contributed by atoms with Crippen LogP contribution < -0.4 is 16.5 Å². The molecule has 1 aliphatic rings. The van der Waals surface area contributed by atoms with Crippen molar-refractivity contribution in [1.29, 1.82) is 0 Å². The molecule has 0 saturated heterocycles. The van der Waals surface area contributed by atoms with Crippen LogP contribution in [0.25, 0.3) is 0 Å². The number of hydrazone groups is 1. The van der Waals surface area contributed by atoms with Gasteiger partial charge in [0, 0.05) is 18.5 Å². The fourth-order valence-corrected chi connectivity index (χ4v) is 1.98. The summed E-state index contributed by atoms with van der Waals surface area (Å²) in [5, 5.41) is 7.55. The van der Waals surface area contributed by atoms with E-state index in [1.165, 1.54) is 12.1 Å². The Morgan fingerprint density at radius 3 is 3.06 bits per heavy atom. The van der Waals surface area contributed by atoms with E-state index < -0.39 is 5.82 Å². The van der Waals surface area contributed by atoms with Crippen LogP contribution in [-0.4, -0.2) is 17.4 Å². The zero-order valence-corrected chi connectivity index (χ0v) is 10.3. The maximum atomic E-state index is 13.3. The van der Waals surface area contributed by atoms with Gasteiger partial charge in [-0.05, 0) is 24.4 Å². The van der Waals surface area contributed by atoms with Crippen LogP contribution in [0, 0.1) is 5.82 Å². The van der Waals surface area contributed by atoms with E-state index in [1.54, 1.807) is 0 Å². The highest BCUT2D eigenvalue weighted by molar-refractivity contribution is 7.80. The number of anilines is 1. The van der Waals surface area contributed by atoms with Gasteiger partial charge >= 0.3 is 0 Å². The van der Waals surface area contributed by atoms with Crippen LogP contribution in [0.5, 0.6) is 0 Å². The van der Waals surface area contributed by atoms with E-state index in [2.05, 4.69) is 28.1 Å². The smallest absolute Gasteiger partial charge is 0.184 e. The van der Waals surface area contributed by atoms with Crippen LogP contribution in [0.4, 0.5) is 10.1 Å². The molecule has 0 bridgehead atoms. The molecule has 0 fully saturated rings. The molecular formula is C10H10ClFN4S. The number of nitrogens with one attached hydrogen (secondary N) is 2. The Kier molecular flexibility index (Phi) is 3.44. The van der Waals surface area contributed by atoms with Gasteiger partial charge < -0.3 is 11.1 Å². The van der Waals surface area contributed by atoms with Gasteiger partial charge in [-0.1, -0.05) is 11.6 Å². The fraction of sp³-hybridized carbons (Fsp3) is 0.200. The first kappa shape index (κ1) is 12.1. The topological polar surface area (TPSA) is 62.4 Å². The molecule has 0 aliphatic carbocycles. The average molecular weight is 273 g/mol. The summed E-state index contributed by atoms with van der Waals surface area (Å²) in [7, 11) is 0. The van der Waals surface area contributed by atoms with Gasteiger partial charge in [-0.3, -0.25) is 5.43 Å². The molecule has 0 aromatic heterocycles. The summed E-state index contributed by atoms with van der Waals surface area (Å²) in [4.78, 5) is 0. The molecule has 1 aliphatic heterocycles. The lowest BCUT2D eigenvalue weighted by Crippen LogP contribution is -2.28. The zero-order chi connectivity index (χ0) is 12.4. The molecule has 4 nitrogen and oxygen atoms in total. The summed E-state index contributed by atoms with van der Waals surface area (Å²) >= 11 is 10.6. The summed E-state index contributed by atoms with van der Waals surface area (Å²) in [6.45, 7) is 0.677. The van der Waals surface area contributed by atoms with Crippen LogP contribution in [-0.2, 0) is 0 Å². The number of nitrogens with two attached hydrogens (primary N) is 1. The minimum atomic E-state index is -0.402. The normalized spacial score (nSPS) is 16.2. The molecule has 0 radical (unpaired) electrons. The van der Waals surface area contributed by atoms with E-state index in [0.717, 1.165) is 0 Å². The van der Waals surface area contributed by atoms with Crippen LogP contribution in [0.15, 0.2) is 17.2 Å². The minimum absolute atomic E-state index is 0.0695. The summed E-state index contributed by atoms with van der Waals surface area (Å²) in [5.41, 5.74) is 9.77. The standard InChI is InChI=1S/C10H10ClFN4S/c11-7-4-5(12)3-6-8(15-16-10(13)17)1-2-14-9(6)7/h3-4,14H,1-2H2,(H3,13,16,17). The average Bonchev–Trinajstić information content (AvgIpc) is 2.26. The Labute approximate surface area is 108 Å². The quantitative estimate of drug-likeness (QED) is 0.539. The van der Waals surface area contributed by atoms with Gasteiger partial charge in [0.25, 0.3) is 0 Å². The van der Waals surface area contributed by atoms with Crippen molar-refractivity contribution >= 4 is 40.3 Å². The Morgan fingerprint density at radius 1 is 1.59 bits per heavy atom. The monoisotopic (exact) mass is 272 g/mol. The lowest BCUT2D eigenvalue weighted by Gasteiger charge is -2.21. The number of hydrogen-bond acceptors (Lipinski definition) is 3. The van der Waals surface area contributed by atoms with Gasteiger partial charge in [0.2, 0.25) is 0 Å². The highest BCUT2D eigenvalue weighted by Crippen LogP contribution is 2.31. The van der Waals surface area contributed by atoms with E-state index in [4.69, 9.17) is 17.3 Å². The summed E-state index contributed by atoms with van der Waals surface area (Å²) in [6, 6.07) is 2.64. The first-order chi connectivity index (χ1) is 8.08. The van der Waals surface area contributed by atoms with Crippen molar-refractivity contribution in [2.75, 3.05) is 11.9 Å². The SMILES string of the molecule is NC(=S)NN=C1CCNc2c(Cl)cc(F)cc21. The van der Waals surface area contributed by atoms with Crippen LogP contribution in [0.1, 0.15) is 12.0 Å². The fourth-order valence-electron chi connectivity index (χ4n) is 1.66. The lowest BCUT2D eigenvalue weighted by atomic mass is 10.0. The van der Waals surface area contributed by atoms with Crippen molar-refractivity contribution in [1.82, 2.24) is 5.43 Å². The second kappa shape index (κ2) is 4.85. The van der Waals surface area contributed by atoms with Gasteiger partial charge in [0.1, 0.15) is 5.82 Å². The van der Waals surface area contributed by atoms with Crippen LogP contribution >= 0.6 is 23.8 Å². The molecule has 2 rings (SSSR count). The molecule has 4 N–H and O–H groups in total. The number of nitrogens with zero attached hydrogens (tertiary/aromatic N) is 1. The Morgan fingerprint density at radius 2 is 2.35 bits per heavy atom. The van der Waals surface area contributed by atoms with E-state index in [0.29, 0.717) is 35.0 Å². The number of halogens is 2. The second-order valence-electron chi connectivity index (χ2n) is 3.52. The van der Waals surface area contributed by atoms with Crippen LogP contribution in [0.3, 0.4) is 0 Å². The Hall–Kier alpha value is -1.40. The number of rotatable bonds is 1. The molecule has 1 aromatic carbocycles. The molecular weight excluding hydrogens is 263 g/mol.